The minimum absolute atomic E-state index is 0.180. The Kier molecular flexibility index (Phi) is 3.70. The molecule has 0 unspecified atom stereocenters. The number of carbonyl (C=O) groups excluding carboxylic acids is 1. The molecule has 0 atom stereocenters. The summed E-state index contributed by atoms with van der Waals surface area (Å²) in [6.45, 7) is 1.82. The van der Waals surface area contributed by atoms with Gasteiger partial charge in [-0.15, -0.1) is 0 Å². The van der Waals surface area contributed by atoms with Gasteiger partial charge in [-0.2, -0.15) is 0 Å². The van der Waals surface area contributed by atoms with E-state index in [2.05, 4.69) is 15.3 Å². The largest absolute Gasteiger partial charge is 0.481 e. The third-order valence-corrected chi connectivity index (χ3v) is 3.38. The number of rotatable bonds is 3. The number of methoxy groups -OCH3 is 1. The number of aromatic nitrogens is 2. The van der Waals surface area contributed by atoms with E-state index in [-0.39, 0.29) is 5.91 Å². The number of pyridine rings is 2. The highest BCUT2D eigenvalue weighted by Crippen LogP contribution is 2.19. The molecule has 0 aliphatic carbocycles. The van der Waals surface area contributed by atoms with Crippen LogP contribution < -0.4 is 10.1 Å². The van der Waals surface area contributed by atoms with Crippen LogP contribution >= 0.6 is 0 Å². The number of carbonyl (C=O) groups is 1. The minimum Gasteiger partial charge on any atom is -0.481 e. The summed E-state index contributed by atoms with van der Waals surface area (Å²) in [5.41, 5.74) is 2.81. The van der Waals surface area contributed by atoms with Gasteiger partial charge in [0.2, 0.25) is 5.88 Å². The lowest BCUT2D eigenvalue weighted by molar-refractivity contribution is 0.102. The van der Waals surface area contributed by atoms with Crippen molar-refractivity contribution in [3.8, 4) is 5.88 Å². The van der Waals surface area contributed by atoms with Gasteiger partial charge < -0.3 is 10.1 Å². The Hall–Kier alpha value is -2.95. The van der Waals surface area contributed by atoms with E-state index in [1.165, 1.54) is 0 Å². The molecular weight excluding hydrogens is 278 g/mol. The van der Waals surface area contributed by atoms with E-state index >= 15 is 0 Å². The fourth-order valence-corrected chi connectivity index (χ4v) is 2.20. The SMILES string of the molecule is COc1ccc(NC(=O)c2ccc3ncccc3c2)c(C)n1. The van der Waals surface area contributed by atoms with E-state index in [0.717, 1.165) is 10.9 Å². The van der Waals surface area contributed by atoms with E-state index in [9.17, 15) is 4.79 Å². The van der Waals surface area contributed by atoms with Crippen molar-refractivity contribution >= 4 is 22.5 Å². The lowest BCUT2D eigenvalue weighted by Gasteiger charge is -2.09. The molecule has 0 spiro atoms. The maximum atomic E-state index is 12.4. The number of nitrogens with one attached hydrogen (secondary N) is 1. The zero-order valence-corrected chi connectivity index (χ0v) is 12.3. The Balaban J connectivity index is 1.86. The molecule has 0 aliphatic heterocycles. The number of nitrogens with zero attached hydrogens (tertiary/aromatic N) is 2. The summed E-state index contributed by atoms with van der Waals surface area (Å²) < 4.78 is 5.06. The first-order valence-electron chi connectivity index (χ1n) is 6.85. The number of aryl methyl sites for hydroxylation is 1. The molecule has 0 bridgehead atoms. The summed E-state index contributed by atoms with van der Waals surface area (Å²) >= 11 is 0. The molecule has 5 heteroatoms. The molecule has 0 radical (unpaired) electrons. The van der Waals surface area contributed by atoms with Gasteiger partial charge >= 0.3 is 0 Å². The van der Waals surface area contributed by atoms with Gasteiger partial charge in [0, 0.05) is 23.2 Å². The lowest BCUT2D eigenvalue weighted by Crippen LogP contribution is -2.13. The van der Waals surface area contributed by atoms with Gasteiger partial charge in [-0.05, 0) is 37.3 Å². The molecule has 1 N–H and O–H groups in total. The quantitative estimate of drug-likeness (QED) is 0.805. The molecule has 1 aromatic carbocycles. The number of ether oxygens (including phenoxy) is 1. The average Bonchev–Trinajstić information content (AvgIpc) is 2.56. The van der Waals surface area contributed by atoms with E-state index in [0.29, 0.717) is 22.8 Å². The van der Waals surface area contributed by atoms with Gasteiger partial charge in [0.15, 0.2) is 0 Å². The predicted molar refractivity (Wildman–Crippen MR) is 85.2 cm³/mol. The van der Waals surface area contributed by atoms with E-state index in [1.807, 2.05) is 31.2 Å². The number of hydrogen-bond donors (Lipinski definition) is 1. The van der Waals surface area contributed by atoms with Gasteiger partial charge in [0.05, 0.1) is 24.0 Å². The number of hydrogen-bond acceptors (Lipinski definition) is 4. The maximum Gasteiger partial charge on any atom is 0.255 e. The summed E-state index contributed by atoms with van der Waals surface area (Å²) in [5, 5.41) is 3.80. The molecular formula is C17H15N3O2. The fraction of sp³-hybridized carbons (Fsp3) is 0.118. The van der Waals surface area contributed by atoms with Crippen molar-refractivity contribution in [2.45, 2.75) is 6.92 Å². The van der Waals surface area contributed by atoms with Crippen LogP contribution in [-0.4, -0.2) is 23.0 Å². The Morgan fingerprint density at radius 2 is 2.05 bits per heavy atom. The smallest absolute Gasteiger partial charge is 0.255 e. The number of anilines is 1. The van der Waals surface area contributed by atoms with Crippen LogP contribution in [0.2, 0.25) is 0 Å². The normalized spacial score (nSPS) is 10.5. The monoisotopic (exact) mass is 293 g/mol. The fourth-order valence-electron chi connectivity index (χ4n) is 2.20. The van der Waals surface area contributed by atoms with Crippen molar-refractivity contribution in [2.24, 2.45) is 0 Å². The molecule has 1 amide bonds. The predicted octanol–water partition coefficient (Wildman–Crippen LogP) is 3.20. The van der Waals surface area contributed by atoms with Crippen LogP contribution in [0, 0.1) is 6.92 Å². The molecule has 110 valence electrons. The van der Waals surface area contributed by atoms with Crippen molar-refractivity contribution in [1.82, 2.24) is 9.97 Å². The number of amides is 1. The zero-order valence-electron chi connectivity index (χ0n) is 12.3. The molecule has 22 heavy (non-hydrogen) atoms. The molecule has 3 aromatic rings. The summed E-state index contributed by atoms with van der Waals surface area (Å²) in [4.78, 5) is 20.9. The molecule has 2 aromatic heterocycles. The molecule has 0 fully saturated rings. The van der Waals surface area contributed by atoms with Crippen molar-refractivity contribution < 1.29 is 9.53 Å². The van der Waals surface area contributed by atoms with Gasteiger partial charge in [0.1, 0.15) is 0 Å². The molecule has 0 aliphatic rings. The van der Waals surface area contributed by atoms with Crippen molar-refractivity contribution in [3.63, 3.8) is 0 Å². The Morgan fingerprint density at radius 3 is 2.82 bits per heavy atom. The first kappa shape index (κ1) is 14.0. The molecule has 2 heterocycles. The topological polar surface area (TPSA) is 64.1 Å². The van der Waals surface area contributed by atoms with Gasteiger partial charge in [-0.1, -0.05) is 6.07 Å². The van der Waals surface area contributed by atoms with Crippen molar-refractivity contribution in [3.05, 3.63) is 59.9 Å². The standard InChI is InChI=1S/C17H15N3O2/c1-11-14(7-8-16(19-11)22-2)20-17(21)13-5-6-15-12(10-13)4-3-9-18-15/h3-10H,1-2H3,(H,20,21). The van der Waals surface area contributed by atoms with Crippen LogP contribution in [-0.2, 0) is 0 Å². The summed E-state index contributed by atoms with van der Waals surface area (Å²) in [7, 11) is 1.56. The lowest BCUT2D eigenvalue weighted by atomic mass is 10.1. The van der Waals surface area contributed by atoms with E-state index < -0.39 is 0 Å². The van der Waals surface area contributed by atoms with Crippen LogP contribution in [0.4, 0.5) is 5.69 Å². The van der Waals surface area contributed by atoms with Gasteiger partial charge in [-0.3, -0.25) is 9.78 Å². The molecule has 0 saturated carbocycles. The highest BCUT2D eigenvalue weighted by Gasteiger charge is 2.10. The zero-order chi connectivity index (χ0) is 15.5. The minimum atomic E-state index is -0.180. The van der Waals surface area contributed by atoms with Gasteiger partial charge in [-0.25, -0.2) is 4.98 Å². The number of fused-ring (bicyclic) bond motifs is 1. The van der Waals surface area contributed by atoms with Crippen LogP contribution in [0.15, 0.2) is 48.7 Å². The van der Waals surface area contributed by atoms with Crippen LogP contribution in [0.25, 0.3) is 10.9 Å². The van der Waals surface area contributed by atoms with Crippen LogP contribution in [0.3, 0.4) is 0 Å². The summed E-state index contributed by atoms with van der Waals surface area (Å²) in [6, 6.07) is 12.7. The molecule has 3 rings (SSSR count). The second-order valence-electron chi connectivity index (χ2n) is 4.85. The Morgan fingerprint density at radius 1 is 1.18 bits per heavy atom. The Bertz CT molecular complexity index is 846. The summed E-state index contributed by atoms with van der Waals surface area (Å²) in [6.07, 6.45) is 1.73. The Labute approximate surface area is 128 Å². The van der Waals surface area contributed by atoms with Crippen molar-refractivity contribution in [2.75, 3.05) is 12.4 Å². The van der Waals surface area contributed by atoms with E-state index in [4.69, 9.17) is 4.74 Å². The second kappa shape index (κ2) is 5.81. The highest BCUT2D eigenvalue weighted by molar-refractivity contribution is 6.06. The molecule has 5 nitrogen and oxygen atoms in total. The first-order valence-corrected chi connectivity index (χ1v) is 6.85. The van der Waals surface area contributed by atoms with Crippen molar-refractivity contribution in [1.29, 1.82) is 0 Å². The number of benzene rings is 1. The van der Waals surface area contributed by atoms with Gasteiger partial charge in [0.25, 0.3) is 5.91 Å². The third-order valence-electron chi connectivity index (χ3n) is 3.38. The average molecular weight is 293 g/mol. The second-order valence-corrected chi connectivity index (χ2v) is 4.85. The first-order chi connectivity index (χ1) is 10.7. The summed E-state index contributed by atoms with van der Waals surface area (Å²) in [5.74, 6) is 0.341. The highest BCUT2D eigenvalue weighted by atomic mass is 16.5. The maximum absolute atomic E-state index is 12.4. The van der Waals surface area contributed by atoms with Crippen LogP contribution in [0.1, 0.15) is 16.1 Å². The van der Waals surface area contributed by atoms with E-state index in [1.54, 1.807) is 31.5 Å². The van der Waals surface area contributed by atoms with Crippen LogP contribution in [0.5, 0.6) is 5.88 Å². The third kappa shape index (κ3) is 2.74. The molecule has 0 saturated heterocycles.